The Hall–Kier alpha value is -0.690. The van der Waals surface area contributed by atoms with Crippen LogP contribution < -0.4 is 5.32 Å². The molecule has 1 saturated heterocycles. The smallest absolute Gasteiger partial charge is 0.127 e. The van der Waals surface area contributed by atoms with E-state index in [1.165, 1.54) is 5.56 Å². The van der Waals surface area contributed by atoms with E-state index in [0.29, 0.717) is 6.04 Å². The first-order valence-electron chi connectivity index (χ1n) is 9.88. The molecule has 2 aliphatic rings. The van der Waals surface area contributed by atoms with Crippen LogP contribution >= 0.6 is 15.9 Å². The molecule has 1 saturated carbocycles. The molecule has 2 heterocycles. The van der Waals surface area contributed by atoms with Crippen LogP contribution in [0.2, 0.25) is 0 Å². The molecule has 0 atom stereocenters. The van der Waals surface area contributed by atoms with Crippen LogP contribution in [0.4, 0.5) is 5.82 Å². The van der Waals surface area contributed by atoms with Crippen LogP contribution in [0.5, 0.6) is 0 Å². The molecule has 1 aromatic heterocycles. The van der Waals surface area contributed by atoms with Crippen LogP contribution in [-0.4, -0.2) is 63.8 Å². The lowest BCUT2D eigenvalue weighted by Crippen LogP contribution is -2.53. The highest BCUT2D eigenvalue weighted by Gasteiger charge is 2.26. The molecule has 146 valence electrons. The van der Waals surface area contributed by atoms with Gasteiger partial charge in [0.05, 0.1) is 6.10 Å². The Morgan fingerprint density at radius 3 is 2.38 bits per heavy atom. The zero-order chi connectivity index (χ0) is 18.7. The minimum absolute atomic E-state index is 0.120. The van der Waals surface area contributed by atoms with Crippen molar-refractivity contribution in [2.45, 2.75) is 70.7 Å². The van der Waals surface area contributed by atoms with E-state index < -0.39 is 0 Å². The number of aliphatic hydroxyl groups is 1. The summed E-state index contributed by atoms with van der Waals surface area (Å²) in [5.41, 5.74) is 1.56. The summed E-state index contributed by atoms with van der Waals surface area (Å²) >= 11 is 3.57. The summed E-state index contributed by atoms with van der Waals surface area (Å²) in [6, 6.07) is 4.74. The molecule has 5 nitrogen and oxygen atoms in total. The fourth-order valence-electron chi connectivity index (χ4n) is 3.98. The van der Waals surface area contributed by atoms with Crippen molar-refractivity contribution in [1.29, 1.82) is 0 Å². The van der Waals surface area contributed by atoms with E-state index in [1.54, 1.807) is 0 Å². The van der Waals surface area contributed by atoms with Gasteiger partial charge in [-0.05, 0) is 80.1 Å². The molecule has 6 heteroatoms. The minimum Gasteiger partial charge on any atom is -0.393 e. The third-order valence-electron chi connectivity index (χ3n) is 5.63. The number of halogens is 1. The molecule has 2 N–H and O–H groups in total. The Labute approximate surface area is 166 Å². The summed E-state index contributed by atoms with van der Waals surface area (Å²) in [4.78, 5) is 9.70. The molecule has 2 fully saturated rings. The fraction of sp³-hybridized carbons (Fsp3) is 0.750. The van der Waals surface area contributed by atoms with Crippen molar-refractivity contribution in [2.24, 2.45) is 0 Å². The highest BCUT2D eigenvalue weighted by molar-refractivity contribution is 9.10. The van der Waals surface area contributed by atoms with Crippen molar-refractivity contribution in [3.63, 3.8) is 0 Å². The predicted octanol–water partition coefficient (Wildman–Crippen LogP) is 3.48. The lowest BCUT2D eigenvalue weighted by Gasteiger charge is -2.42. The van der Waals surface area contributed by atoms with E-state index in [9.17, 15) is 5.11 Å². The molecule has 3 rings (SSSR count). The highest BCUT2D eigenvalue weighted by Crippen LogP contribution is 2.24. The largest absolute Gasteiger partial charge is 0.393 e. The summed E-state index contributed by atoms with van der Waals surface area (Å²) < 4.78 is 0.890. The second kappa shape index (κ2) is 8.55. The maximum atomic E-state index is 9.67. The molecule has 1 aliphatic heterocycles. The third-order valence-corrected chi connectivity index (χ3v) is 6.04. The number of nitrogens with zero attached hydrogens (tertiary/aromatic N) is 3. The molecule has 1 aromatic rings. The first-order valence-corrected chi connectivity index (χ1v) is 10.7. The monoisotopic (exact) mass is 424 g/mol. The van der Waals surface area contributed by atoms with Crippen LogP contribution in [0.3, 0.4) is 0 Å². The molecule has 0 spiro atoms. The maximum Gasteiger partial charge on any atom is 0.127 e. The number of aromatic nitrogens is 1. The number of hydrogen-bond acceptors (Lipinski definition) is 5. The average Bonchev–Trinajstić information content (AvgIpc) is 2.56. The highest BCUT2D eigenvalue weighted by atomic mass is 79.9. The van der Waals surface area contributed by atoms with Gasteiger partial charge in [0.2, 0.25) is 0 Å². The first-order chi connectivity index (χ1) is 12.3. The van der Waals surface area contributed by atoms with Crippen molar-refractivity contribution in [2.75, 3.05) is 31.5 Å². The molecular weight excluding hydrogens is 392 g/mol. The van der Waals surface area contributed by atoms with Gasteiger partial charge >= 0.3 is 0 Å². The second-order valence-corrected chi connectivity index (χ2v) is 9.58. The summed E-state index contributed by atoms with van der Waals surface area (Å²) in [6.07, 6.45) is 3.68. The first kappa shape index (κ1) is 20.1. The Morgan fingerprint density at radius 1 is 1.12 bits per heavy atom. The van der Waals surface area contributed by atoms with Gasteiger partial charge in [0.1, 0.15) is 10.4 Å². The second-order valence-electron chi connectivity index (χ2n) is 8.77. The summed E-state index contributed by atoms with van der Waals surface area (Å²) in [7, 11) is 0. The molecule has 0 amide bonds. The van der Waals surface area contributed by atoms with E-state index in [4.69, 9.17) is 0 Å². The normalized spacial score (nSPS) is 26.0. The third kappa shape index (κ3) is 5.65. The lowest BCUT2D eigenvalue weighted by atomic mass is 9.93. The van der Waals surface area contributed by atoms with Crippen LogP contribution in [0.15, 0.2) is 16.7 Å². The van der Waals surface area contributed by atoms with E-state index >= 15 is 0 Å². The van der Waals surface area contributed by atoms with Crippen LogP contribution in [0.1, 0.15) is 52.0 Å². The maximum absolute atomic E-state index is 9.67. The molecule has 0 unspecified atom stereocenters. The molecular formula is C20H33BrN4O. The Morgan fingerprint density at radius 2 is 1.77 bits per heavy atom. The zero-order valence-electron chi connectivity index (χ0n) is 16.3. The summed E-state index contributed by atoms with van der Waals surface area (Å²) in [6.45, 7) is 12.3. The van der Waals surface area contributed by atoms with Gasteiger partial charge in [-0.1, -0.05) is 0 Å². The summed E-state index contributed by atoms with van der Waals surface area (Å²) in [5.74, 6) is 0.948. The van der Waals surface area contributed by atoms with Crippen molar-refractivity contribution >= 4 is 21.7 Å². The SMILES string of the molecule is CC(C)(C)N1CCN(Cc2cc(Br)nc(NC3CCC(O)CC3)c2)CC1. The van der Waals surface area contributed by atoms with Gasteiger partial charge in [0, 0.05) is 44.3 Å². The number of piperazine rings is 1. The molecule has 0 radical (unpaired) electrons. The Bertz CT molecular complexity index is 588. The molecule has 0 bridgehead atoms. The fourth-order valence-corrected chi connectivity index (χ4v) is 4.46. The van der Waals surface area contributed by atoms with Gasteiger partial charge in [0.25, 0.3) is 0 Å². The van der Waals surface area contributed by atoms with Crippen molar-refractivity contribution in [1.82, 2.24) is 14.8 Å². The number of rotatable bonds is 4. The van der Waals surface area contributed by atoms with E-state index in [2.05, 4.69) is 68.9 Å². The molecule has 26 heavy (non-hydrogen) atoms. The Balaban J connectivity index is 1.56. The standard InChI is InChI=1S/C20H33BrN4O/c1-20(2,3)25-10-8-24(9-11-25)14-15-12-18(21)23-19(13-15)22-16-4-6-17(26)7-5-16/h12-13,16-17,26H,4-11,14H2,1-3H3,(H,22,23). The molecule has 1 aliphatic carbocycles. The van der Waals surface area contributed by atoms with Crippen molar-refractivity contribution in [3.05, 3.63) is 22.3 Å². The summed E-state index contributed by atoms with van der Waals surface area (Å²) in [5, 5.41) is 13.2. The van der Waals surface area contributed by atoms with Gasteiger partial charge in [-0.3, -0.25) is 9.80 Å². The van der Waals surface area contributed by atoms with Gasteiger partial charge in [-0.25, -0.2) is 4.98 Å². The zero-order valence-corrected chi connectivity index (χ0v) is 17.9. The van der Waals surface area contributed by atoms with E-state index in [0.717, 1.165) is 68.8 Å². The topological polar surface area (TPSA) is 51.6 Å². The van der Waals surface area contributed by atoms with Crippen LogP contribution in [-0.2, 0) is 6.54 Å². The van der Waals surface area contributed by atoms with Gasteiger partial charge in [0.15, 0.2) is 0 Å². The van der Waals surface area contributed by atoms with E-state index in [1.807, 2.05) is 0 Å². The van der Waals surface area contributed by atoms with Crippen LogP contribution in [0.25, 0.3) is 0 Å². The van der Waals surface area contributed by atoms with Gasteiger partial charge in [-0.15, -0.1) is 0 Å². The van der Waals surface area contributed by atoms with Gasteiger partial charge in [-0.2, -0.15) is 0 Å². The number of anilines is 1. The number of nitrogens with one attached hydrogen (secondary N) is 1. The number of aliphatic hydroxyl groups excluding tert-OH is 1. The minimum atomic E-state index is -0.120. The quantitative estimate of drug-likeness (QED) is 0.724. The average molecular weight is 425 g/mol. The van der Waals surface area contributed by atoms with E-state index in [-0.39, 0.29) is 11.6 Å². The van der Waals surface area contributed by atoms with Crippen molar-refractivity contribution < 1.29 is 5.11 Å². The molecule has 0 aromatic carbocycles. The predicted molar refractivity (Wildman–Crippen MR) is 110 cm³/mol. The lowest BCUT2D eigenvalue weighted by molar-refractivity contribution is 0.0591. The Kier molecular flexibility index (Phi) is 6.59. The van der Waals surface area contributed by atoms with Gasteiger partial charge < -0.3 is 10.4 Å². The van der Waals surface area contributed by atoms with Crippen molar-refractivity contribution in [3.8, 4) is 0 Å². The van der Waals surface area contributed by atoms with Crippen LogP contribution in [0, 0.1) is 0 Å². The number of hydrogen-bond donors (Lipinski definition) is 2. The number of pyridine rings is 1.